The summed E-state index contributed by atoms with van der Waals surface area (Å²) in [5.41, 5.74) is 0.771. The number of amides is 1. The Morgan fingerprint density at radius 1 is 1.19 bits per heavy atom. The van der Waals surface area contributed by atoms with Crippen LogP contribution in [0.2, 0.25) is 0 Å². The largest absolute Gasteiger partial charge is 0.383 e. The number of hydrogen-bond donors (Lipinski definition) is 2. The molecule has 3 aromatic rings. The van der Waals surface area contributed by atoms with Crippen LogP contribution in [0.5, 0.6) is 0 Å². The van der Waals surface area contributed by atoms with Gasteiger partial charge >= 0.3 is 0 Å². The predicted octanol–water partition coefficient (Wildman–Crippen LogP) is 2.37. The number of primary sulfonamides is 1. The van der Waals surface area contributed by atoms with Gasteiger partial charge < -0.3 is 10.1 Å². The number of nitrogens with one attached hydrogen (secondary N) is 1. The first-order chi connectivity index (χ1) is 15.1. The van der Waals surface area contributed by atoms with Gasteiger partial charge in [-0.05, 0) is 50.2 Å². The summed E-state index contributed by atoms with van der Waals surface area (Å²) in [6, 6.07) is 12.3. The van der Waals surface area contributed by atoms with Crippen LogP contribution in [0.1, 0.15) is 19.9 Å². The van der Waals surface area contributed by atoms with Gasteiger partial charge in [0.1, 0.15) is 0 Å². The van der Waals surface area contributed by atoms with Gasteiger partial charge in [0.05, 0.1) is 33.7 Å². The van der Waals surface area contributed by atoms with Crippen LogP contribution in [0.25, 0.3) is 10.9 Å². The number of sulfonamides is 1. The maximum Gasteiger partial charge on any atom is 0.262 e. The number of methoxy groups -OCH3 is 1. The summed E-state index contributed by atoms with van der Waals surface area (Å²) in [6.45, 7) is 3.86. The van der Waals surface area contributed by atoms with Crippen LogP contribution in [0.3, 0.4) is 0 Å². The van der Waals surface area contributed by atoms with E-state index in [0.717, 1.165) is 11.8 Å². The van der Waals surface area contributed by atoms with Crippen molar-refractivity contribution in [3.63, 3.8) is 0 Å². The van der Waals surface area contributed by atoms with Gasteiger partial charge in [0.25, 0.3) is 5.56 Å². The Morgan fingerprint density at radius 3 is 2.47 bits per heavy atom. The molecule has 0 aliphatic carbocycles. The summed E-state index contributed by atoms with van der Waals surface area (Å²) in [5, 5.41) is 8.13. The van der Waals surface area contributed by atoms with E-state index in [4.69, 9.17) is 9.88 Å². The van der Waals surface area contributed by atoms with Crippen LogP contribution in [-0.2, 0) is 19.6 Å². The Balaban J connectivity index is 1.86. The molecule has 1 heterocycles. The quantitative estimate of drug-likeness (QED) is 0.377. The zero-order valence-corrected chi connectivity index (χ0v) is 19.4. The van der Waals surface area contributed by atoms with E-state index in [1.54, 1.807) is 42.9 Å². The highest BCUT2D eigenvalue weighted by Gasteiger charge is 2.22. The fraction of sp³-hybridized carbons (Fsp3) is 0.286. The number of ether oxygens (including phenoxy) is 1. The number of carbonyl (C=O) groups is 1. The molecule has 0 saturated carbocycles. The molecule has 2 aromatic carbocycles. The third-order valence-electron chi connectivity index (χ3n) is 4.73. The van der Waals surface area contributed by atoms with E-state index >= 15 is 0 Å². The van der Waals surface area contributed by atoms with E-state index in [2.05, 4.69) is 10.3 Å². The van der Waals surface area contributed by atoms with Gasteiger partial charge in [-0.15, -0.1) is 0 Å². The van der Waals surface area contributed by atoms with Crippen molar-refractivity contribution in [1.29, 1.82) is 0 Å². The molecule has 170 valence electrons. The Hall–Kier alpha value is -2.73. The summed E-state index contributed by atoms with van der Waals surface area (Å²) >= 11 is 1.16. The molecular weight excluding hydrogens is 452 g/mol. The van der Waals surface area contributed by atoms with Crippen LogP contribution in [0.15, 0.2) is 63.4 Å². The molecule has 3 N–H and O–H groups in total. The van der Waals surface area contributed by atoms with Crippen molar-refractivity contribution in [2.24, 2.45) is 5.14 Å². The first-order valence-electron chi connectivity index (χ1n) is 9.72. The summed E-state index contributed by atoms with van der Waals surface area (Å²) < 4.78 is 29.5. The lowest BCUT2D eigenvalue weighted by molar-refractivity contribution is -0.115. The molecule has 0 aliphatic rings. The highest BCUT2D eigenvalue weighted by molar-refractivity contribution is 8.00. The molecule has 0 spiro atoms. The molecule has 0 unspecified atom stereocenters. The number of fused-ring (bicyclic) bond motifs is 1. The molecule has 1 aromatic heterocycles. The smallest absolute Gasteiger partial charge is 0.262 e. The number of carbonyl (C=O) groups excluding carboxylic acids is 1. The molecule has 3 rings (SSSR count). The van der Waals surface area contributed by atoms with Crippen LogP contribution < -0.4 is 16.0 Å². The Labute approximate surface area is 190 Å². The standard InChI is InChI=1S/C21H24N4O5S2/c1-13(12-30-3)25-20(27)17-6-4-5-7-18(17)24-21(25)31-14(2)19(26)23-15-8-10-16(11-9-15)32(22,28)29/h4-11,13-14H,12H2,1-3H3,(H,23,26)(H2,22,28,29)/t13-,14-/m0/s1. The molecule has 32 heavy (non-hydrogen) atoms. The van der Waals surface area contributed by atoms with Gasteiger partial charge in [-0.1, -0.05) is 23.9 Å². The van der Waals surface area contributed by atoms with Crippen molar-refractivity contribution in [2.75, 3.05) is 19.0 Å². The van der Waals surface area contributed by atoms with Gasteiger partial charge in [-0.25, -0.2) is 18.5 Å². The van der Waals surface area contributed by atoms with Crippen molar-refractivity contribution in [2.45, 2.75) is 35.2 Å². The molecule has 0 bridgehead atoms. The third-order valence-corrected chi connectivity index (χ3v) is 6.72. The maximum atomic E-state index is 13.1. The summed E-state index contributed by atoms with van der Waals surface area (Å²) in [4.78, 5) is 30.4. The fourth-order valence-corrected chi connectivity index (χ4v) is 4.62. The van der Waals surface area contributed by atoms with Gasteiger partial charge in [-0.2, -0.15) is 0 Å². The second kappa shape index (κ2) is 9.82. The van der Waals surface area contributed by atoms with E-state index < -0.39 is 15.3 Å². The average molecular weight is 477 g/mol. The molecule has 9 nitrogen and oxygen atoms in total. The first-order valence-corrected chi connectivity index (χ1v) is 12.1. The number of nitrogens with zero attached hydrogens (tertiary/aromatic N) is 2. The Bertz CT molecular complexity index is 1290. The highest BCUT2D eigenvalue weighted by Crippen LogP contribution is 2.26. The zero-order chi connectivity index (χ0) is 23.5. The van der Waals surface area contributed by atoms with Crippen molar-refractivity contribution in [3.8, 4) is 0 Å². The van der Waals surface area contributed by atoms with Gasteiger partial charge in [0.2, 0.25) is 15.9 Å². The fourth-order valence-electron chi connectivity index (χ4n) is 3.10. The maximum absolute atomic E-state index is 13.1. The lowest BCUT2D eigenvalue weighted by atomic mass is 10.2. The van der Waals surface area contributed by atoms with Gasteiger partial charge in [0, 0.05) is 12.8 Å². The minimum Gasteiger partial charge on any atom is -0.383 e. The van der Waals surface area contributed by atoms with Gasteiger partial charge in [0.15, 0.2) is 5.16 Å². The highest BCUT2D eigenvalue weighted by atomic mass is 32.2. The number of aromatic nitrogens is 2. The summed E-state index contributed by atoms with van der Waals surface area (Å²) in [7, 11) is -2.26. The lowest BCUT2D eigenvalue weighted by Crippen LogP contribution is -2.30. The van der Waals surface area contributed by atoms with Crippen LogP contribution >= 0.6 is 11.8 Å². The van der Waals surface area contributed by atoms with E-state index in [0.29, 0.717) is 28.4 Å². The third kappa shape index (κ3) is 5.36. The van der Waals surface area contributed by atoms with Crippen LogP contribution in [0, 0.1) is 0 Å². The predicted molar refractivity (Wildman–Crippen MR) is 124 cm³/mol. The Kier molecular flexibility index (Phi) is 7.34. The number of nitrogens with two attached hydrogens (primary N) is 1. The molecule has 0 fully saturated rings. The minimum atomic E-state index is -3.81. The Morgan fingerprint density at radius 2 is 1.84 bits per heavy atom. The van der Waals surface area contributed by atoms with Crippen LogP contribution in [0.4, 0.5) is 5.69 Å². The van der Waals surface area contributed by atoms with E-state index in [1.807, 2.05) is 6.92 Å². The topological polar surface area (TPSA) is 133 Å². The number of hydrogen-bond acceptors (Lipinski definition) is 7. The molecule has 1 amide bonds. The molecule has 11 heteroatoms. The number of rotatable bonds is 8. The van der Waals surface area contributed by atoms with Gasteiger partial charge in [-0.3, -0.25) is 14.2 Å². The molecular formula is C21H24N4O5S2. The monoisotopic (exact) mass is 476 g/mol. The average Bonchev–Trinajstić information content (AvgIpc) is 2.73. The summed E-state index contributed by atoms with van der Waals surface area (Å²) in [5.74, 6) is -0.327. The zero-order valence-electron chi connectivity index (χ0n) is 17.8. The molecule has 0 saturated heterocycles. The normalized spacial score (nSPS) is 13.6. The SMILES string of the molecule is COC[C@H](C)n1c(S[C@@H](C)C(=O)Nc2ccc(S(N)(=O)=O)cc2)nc2ccccc2c1=O. The molecule has 2 atom stereocenters. The number of thioether (sulfide) groups is 1. The number of anilines is 1. The molecule has 0 radical (unpaired) electrons. The second-order valence-corrected chi connectivity index (χ2v) is 10.1. The summed E-state index contributed by atoms with van der Waals surface area (Å²) in [6.07, 6.45) is 0. The van der Waals surface area contributed by atoms with E-state index in [-0.39, 0.29) is 22.4 Å². The molecule has 0 aliphatic heterocycles. The minimum absolute atomic E-state index is 0.0468. The van der Waals surface area contributed by atoms with Crippen molar-refractivity contribution in [3.05, 3.63) is 58.9 Å². The number of benzene rings is 2. The second-order valence-electron chi connectivity index (χ2n) is 7.21. The lowest BCUT2D eigenvalue weighted by Gasteiger charge is -2.20. The number of para-hydroxylation sites is 1. The van der Waals surface area contributed by atoms with E-state index in [1.165, 1.54) is 24.3 Å². The van der Waals surface area contributed by atoms with Crippen molar-refractivity contribution >= 4 is 44.3 Å². The van der Waals surface area contributed by atoms with Crippen molar-refractivity contribution in [1.82, 2.24) is 9.55 Å². The van der Waals surface area contributed by atoms with E-state index in [9.17, 15) is 18.0 Å². The first kappa shape index (κ1) is 23.9. The van der Waals surface area contributed by atoms with Crippen molar-refractivity contribution < 1.29 is 17.9 Å². The van der Waals surface area contributed by atoms with Crippen LogP contribution in [-0.4, -0.2) is 42.8 Å².